The van der Waals surface area contributed by atoms with E-state index in [9.17, 15) is 13.0 Å². The maximum absolute atomic E-state index is 13.9. The summed E-state index contributed by atoms with van der Waals surface area (Å²) in [4.78, 5) is 2.99. The van der Waals surface area contributed by atoms with Crippen molar-refractivity contribution in [3.8, 4) is 0 Å². The summed E-state index contributed by atoms with van der Waals surface area (Å²) in [6.45, 7) is 1.85. The average Bonchev–Trinajstić information content (AvgIpc) is 2.94. The maximum Gasteiger partial charge on any atom is 0.142 e. The number of fused-ring (bicyclic) bond motifs is 1. The molecule has 24 heavy (non-hydrogen) atoms. The molecule has 1 heterocycles. The Bertz CT molecular complexity index is 913. The quantitative estimate of drug-likeness (QED) is 0.597. The van der Waals surface area contributed by atoms with Gasteiger partial charge in [0.15, 0.2) is 0 Å². The van der Waals surface area contributed by atoms with Crippen molar-refractivity contribution < 1.29 is 13.0 Å². The molecule has 126 valence electrons. The lowest BCUT2D eigenvalue weighted by atomic mass is 10.1. The summed E-state index contributed by atoms with van der Waals surface area (Å²) in [7, 11) is -1.83. The van der Waals surface area contributed by atoms with E-state index in [1.54, 1.807) is 0 Å². The molecule has 3 rings (SSSR count). The first-order chi connectivity index (χ1) is 11.5. The Labute approximate surface area is 149 Å². The Morgan fingerprint density at radius 1 is 1.25 bits per heavy atom. The predicted molar refractivity (Wildman–Crippen MR) is 95.1 cm³/mol. The lowest BCUT2D eigenvalue weighted by molar-refractivity contribution is 0.563. The second-order valence-corrected chi connectivity index (χ2v) is 7.62. The van der Waals surface area contributed by atoms with Gasteiger partial charge in [-0.25, -0.2) is 17.7 Å². The zero-order chi connectivity index (χ0) is 17.3. The van der Waals surface area contributed by atoms with Crippen LogP contribution < -0.4 is 4.72 Å². The van der Waals surface area contributed by atoms with E-state index in [0.717, 1.165) is 28.6 Å². The maximum atomic E-state index is 13.9. The molecule has 0 aliphatic carbocycles. The monoisotopic (exact) mass is 412 g/mol. The van der Waals surface area contributed by atoms with Gasteiger partial charge in [0, 0.05) is 23.1 Å². The second kappa shape index (κ2) is 7.13. The number of benzene rings is 2. The first-order valence-corrected chi connectivity index (χ1v) is 9.27. The van der Waals surface area contributed by atoms with Crippen molar-refractivity contribution in [1.29, 1.82) is 0 Å². The molecule has 0 saturated heterocycles. The summed E-state index contributed by atoms with van der Waals surface area (Å²) in [5, 5.41) is 1.10. The van der Waals surface area contributed by atoms with Crippen LogP contribution in [0.3, 0.4) is 0 Å². The molecule has 0 spiro atoms. The van der Waals surface area contributed by atoms with E-state index in [1.165, 1.54) is 0 Å². The van der Waals surface area contributed by atoms with Gasteiger partial charge in [0.1, 0.15) is 22.6 Å². The molecule has 2 unspecified atom stereocenters. The number of aromatic amines is 1. The van der Waals surface area contributed by atoms with Crippen LogP contribution in [-0.2, 0) is 17.4 Å². The summed E-state index contributed by atoms with van der Waals surface area (Å²) in [5.74, 6) is -1.36. The molecule has 0 amide bonds. The van der Waals surface area contributed by atoms with Crippen LogP contribution in [0.5, 0.6) is 0 Å². The topological polar surface area (TPSA) is 44.9 Å². The first-order valence-electron chi connectivity index (χ1n) is 7.33. The average molecular weight is 413 g/mol. The SMILES string of the molecule is CC(Cc1c[nH]c2ccccc12)NS(=O)c1cc(F)c(Br)cc1F. The second-order valence-electron chi connectivity index (χ2n) is 5.55. The molecule has 2 atom stereocenters. The minimum Gasteiger partial charge on any atom is -0.361 e. The highest BCUT2D eigenvalue weighted by molar-refractivity contribution is 9.10. The number of hydrogen-bond acceptors (Lipinski definition) is 1. The van der Waals surface area contributed by atoms with E-state index in [4.69, 9.17) is 0 Å². The van der Waals surface area contributed by atoms with Crippen molar-refractivity contribution in [2.24, 2.45) is 0 Å². The van der Waals surface area contributed by atoms with E-state index in [1.807, 2.05) is 37.4 Å². The summed E-state index contributed by atoms with van der Waals surface area (Å²) in [5.41, 5.74) is 2.10. The van der Waals surface area contributed by atoms with E-state index in [-0.39, 0.29) is 15.4 Å². The number of para-hydroxylation sites is 1. The van der Waals surface area contributed by atoms with Crippen LogP contribution in [0.4, 0.5) is 8.78 Å². The standard InChI is InChI=1S/C17H15BrF2N2OS/c1-10(6-11-9-21-16-5-3-2-4-12(11)16)22-24(23)17-8-14(19)13(18)7-15(17)20/h2-5,7-10,21-22H,6H2,1H3. The zero-order valence-electron chi connectivity index (χ0n) is 12.8. The summed E-state index contributed by atoms with van der Waals surface area (Å²) in [6, 6.07) is 9.63. The fourth-order valence-electron chi connectivity index (χ4n) is 2.56. The Balaban J connectivity index is 1.74. The molecule has 0 aliphatic rings. The molecule has 3 nitrogen and oxygen atoms in total. The molecule has 0 fully saturated rings. The molecule has 0 bridgehead atoms. The first kappa shape index (κ1) is 17.3. The van der Waals surface area contributed by atoms with E-state index < -0.39 is 22.6 Å². The molecular formula is C17H15BrF2N2OS. The van der Waals surface area contributed by atoms with Crippen LogP contribution in [-0.4, -0.2) is 15.2 Å². The lowest BCUT2D eigenvalue weighted by Crippen LogP contribution is -2.30. The van der Waals surface area contributed by atoms with Gasteiger partial charge in [-0.1, -0.05) is 18.2 Å². The number of aromatic nitrogens is 1. The van der Waals surface area contributed by atoms with Gasteiger partial charge in [-0.05, 0) is 53.0 Å². The summed E-state index contributed by atoms with van der Waals surface area (Å²) in [6.07, 6.45) is 2.52. The van der Waals surface area contributed by atoms with Crippen LogP contribution in [0.25, 0.3) is 10.9 Å². The molecule has 1 aromatic heterocycles. The number of nitrogens with one attached hydrogen (secondary N) is 2. The normalized spacial score (nSPS) is 14.0. The summed E-state index contributed by atoms with van der Waals surface area (Å²) < 4.78 is 42.6. The molecule has 0 aliphatic heterocycles. The van der Waals surface area contributed by atoms with Gasteiger partial charge in [-0.15, -0.1) is 0 Å². The van der Waals surface area contributed by atoms with Gasteiger partial charge in [0.25, 0.3) is 0 Å². The highest BCUT2D eigenvalue weighted by Gasteiger charge is 2.17. The van der Waals surface area contributed by atoms with Gasteiger partial charge in [0.2, 0.25) is 0 Å². The predicted octanol–water partition coefficient (Wildman–Crippen LogP) is 4.45. The van der Waals surface area contributed by atoms with Crippen molar-refractivity contribution >= 4 is 37.8 Å². The van der Waals surface area contributed by atoms with Crippen molar-refractivity contribution in [3.63, 3.8) is 0 Å². The van der Waals surface area contributed by atoms with Gasteiger partial charge < -0.3 is 4.98 Å². The molecular weight excluding hydrogens is 398 g/mol. The molecule has 3 aromatic rings. The molecule has 0 radical (unpaired) electrons. The zero-order valence-corrected chi connectivity index (χ0v) is 15.2. The van der Waals surface area contributed by atoms with Gasteiger partial charge >= 0.3 is 0 Å². The minimum absolute atomic E-state index is 0.00703. The van der Waals surface area contributed by atoms with Gasteiger partial charge in [-0.3, -0.25) is 0 Å². The number of hydrogen-bond donors (Lipinski definition) is 2. The van der Waals surface area contributed by atoms with E-state index >= 15 is 0 Å². The van der Waals surface area contributed by atoms with Crippen LogP contribution >= 0.6 is 15.9 Å². The fraction of sp³-hybridized carbons (Fsp3) is 0.176. The number of rotatable bonds is 5. The lowest BCUT2D eigenvalue weighted by Gasteiger charge is -2.13. The van der Waals surface area contributed by atoms with Gasteiger partial charge in [-0.2, -0.15) is 0 Å². The Morgan fingerprint density at radius 2 is 2.00 bits per heavy atom. The Morgan fingerprint density at radius 3 is 2.79 bits per heavy atom. The van der Waals surface area contributed by atoms with Crippen molar-refractivity contribution in [2.45, 2.75) is 24.3 Å². The third-order valence-electron chi connectivity index (χ3n) is 3.68. The van der Waals surface area contributed by atoms with E-state index in [0.29, 0.717) is 6.42 Å². The fourth-order valence-corrected chi connectivity index (χ4v) is 3.90. The number of halogens is 3. The van der Waals surface area contributed by atoms with Crippen LogP contribution in [0, 0.1) is 11.6 Å². The van der Waals surface area contributed by atoms with Gasteiger partial charge in [0.05, 0.1) is 9.37 Å². The largest absolute Gasteiger partial charge is 0.361 e. The molecule has 2 aromatic carbocycles. The van der Waals surface area contributed by atoms with E-state index in [2.05, 4.69) is 25.6 Å². The van der Waals surface area contributed by atoms with Crippen molar-refractivity contribution in [2.75, 3.05) is 0 Å². The van der Waals surface area contributed by atoms with Crippen molar-refractivity contribution in [1.82, 2.24) is 9.71 Å². The minimum atomic E-state index is -1.83. The third kappa shape index (κ3) is 3.58. The molecule has 7 heteroatoms. The molecule has 0 saturated carbocycles. The summed E-state index contributed by atoms with van der Waals surface area (Å²) >= 11 is 2.91. The third-order valence-corrected chi connectivity index (χ3v) is 5.62. The van der Waals surface area contributed by atoms with Crippen molar-refractivity contribution in [3.05, 3.63) is 64.3 Å². The highest BCUT2D eigenvalue weighted by Crippen LogP contribution is 2.23. The highest BCUT2D eigenvalue weighted by atomic mass is 79.9. The Hall–Kier alpha value is -1.57. The van der Waals surface area contributed by atoms with Crippen LogP contribution in [0.2, 0.25) is 0 Å². The number of H-pyrrole nitrogens is 1. The van der Waals surface area contributed by atoms with Crippen LogP contribution in [0.15, 0.2) is 52.0 Å². The van der Waals surface area contributed by atoms with Crippen LogP contribution in [0.1, 0.15) is 12.5 Å². The molecule has 2 N–H and O–H groups in total. The smallest absolute Gasteiger partial charge is 0.142 e. The Kier molecular flexibility index (Phi) is 5.12.